The summed E-state index contributed by atoms with van der Waals surface area (Å²) in [5.41, 5.74) is 1.89. The number of hydrogen-bond acceptors (Lipinski definition) is 9. The number of anilines is 1. The van der Waals surface area contributed by atoms with Gasteiger partial charge in [-0.25, -0.2) is 4.98 Å². The van der Waals surface area contributed by atoms with Crippen LogP contribution < -0.4 is 15.4 Å². The minimum Gasteiger partial charge on any atom is -0.497 e. The van der Waals surface area contributed by atoms with Crippen molar-refractivity contribution in [2.75, 3.05) is 58.7 Å². The fourth-order valence-corrected chi connectivity index (χ4v) is 10.6. The highest BCUT2D eigenvalue weighted by Gasteiger charge is 2.50. The van der Waals surface area contributed by atoms with Crippen LogP contribution in [0, 0.1) is 13.8 Å². The van der Waals surface area contributed by atoms with Gasteiger partial charge in [-0.1, -0.05) is 0 Å². The van der Waals surface area contributed by atoms with Gasteiger partial charge < -0.3 is 29.0 Å². The average molecular weight is 943 g/mol. The van der Waals surface area contributed by atoms with Crippen LogP contribution in [0.25, 0.3) is 5.65 Å². The first-order chi connectivity index (χ1) is 31.5. The van der Waals surface area contributed by atoms with Gasteiger partial charge in [0.15, 0.2) is 5.65 Å². The van der Waals surface area contributed by atoms with Crippen LogP contribution in [0.3, 0.4) is 0 Å². The van der Waals surface area contributed by atoms with E-state index >= 15 is 0 Å². The molecule has 9 rings (SSSR count). The molecule has 2 N–H and O–H groups in total. The summed E-state index contributed by atoms with van der Waals surface area (Å²) in [6.45, 7) is 13.1. The van der Waals surface area contributed by atoms with Crippen LogP contribution in [-0.2, 0) is 30.3 Å². The number of fused-ring (bicyclic) bond motifs is 5. The highest BCUT2D eigenvalue weighted by molar-refractivity contribution is 6.00. The van der Waals surface area contributed by atoms with E-state index in [2.05, 4.69) is 25.6 Å². The molecule has 14 nitrogen and oxygen atoms in total. The van der Waals surface area contributed by atoms with Crippen LogP contribution in [-0.4, -0.2) is 121 Å². The van der Waals surface area contributed by atoms with E-state index in [9.17, 15) is 40.7 Å². The number of benzene rings is 1. The first kappa shape index (κ1) is 47.6. The molecule has 20 heteroatoms. The van der Waals surface area contributed by atoms with Crippen molar-refractivity contribution in [3.05, 3.63) is 99.9 Å². The van der Waals surface area contributed by atoms with Gasteiger partial charge in [-0.15, -0.1) is 0 Å². The van der Waals surface area contributed by atoms with Gasteiger partial charge in [0, 0.05) is 89.5 Å². The number of aromatic nitrogens is 5. The van der Waals surface area contributed by atoms with Crippen LogP contribution in [0.1, 0.15) is 109 Å². The molecule has 0 unspecified atom stereocenters. The van der Waals surface area contributed by atoms with E-state index in [-0.39, 0.29) is 26.9 Å². The number of halogens is 6. The summed E-state index contributed by atoms with van der Waals surface area (Å²) < 4.78 is 89.8. The van der Waals surface area contributed by atoms with Crippen LogP contribution in [0.4, 0.5) is 32.2 Å². The number of aryl methyl sites for hydroxylation is 2. The molecule has 0 saturated carbocycles. The van der Waals surface area contributed by atoms with Gasteiger partial charge in [0.2, 0.25) is 0 Å². The minimum absolute atomic E-state index is 0. The molecule has 1 aromatic carbocycles. The van der Waals surface area contributed by atoms with Crippen LogP contribution in [0.5, 0.6) is 5.75 Å². The van der Waals surface area contributed by atoms with E-state index < -0.39 is 40.4 Å². The van der Waals surface area contributed by atoms with E-state index in [4.69, 9.17) is 4.74 Å². The molecular weight excluding hydrogens is 883 g/mol. The summed E-state index contributed by atoms with van der Waals surface area (Å²) in [6.07, 6.45) is -5.59. The fraction of sp³-hybridized carbons (Fsp3) is 0.511. The number of Topliss-reactive ketones (excluding diaryl/α,β-unsaturated/α-hetero) is 1. The summed E-state index contributed by atoms with van der Waals surface area (Å²) in [5, 5.41) is 11.2. The lowest BCUT2D eigenvalue weighted by Crippen LogP contribution is -2.63. The Morgan fingerprint density at radius 3 is 2.07 bits per heavy atom. The lowest BCUT2D eigenvalue weighted by molar-refractivity contribution is -0.144. The molecule has 0 atom stereocenters. The standard InChI is InChI=1S/C24H28F3N3O3.C23H28F3N7O.2H2/c1-15-13-16(33-4)5-6-17(15)21(32)29-11-9-23(10-12-29)19-8-7-18(20(31)24(25,26)27)30(19)14-22(2,3)28-23;1-4-27-19-13-15(2)29-20-16(14-28-33(19)20)21(34)31-9-7-22(8-10-31)17-5-6-18(23(24,25)26)32(17)12-11-30(22)3;;/h5-8,13,28H,9-12,14H2,1-4H3;5-6,13-14,27H,4,7-12H2,1-3H3;2*1H. The normalized spacial score (nSPS) is 18.9. The van der Waals surface area contributed by atoms with Crippen molar-refractivity contribution in [2.45, 2.75) is 102 Å². The number of likely N-dealkylation sites (tertiary alicyclic amines) is 2. The number of nitrogens with one attached hydrogen (secondary N) is 2. The number of amides is 2. The molecule has 2 saturated heterocycles. The molecule has 4 aromatic heterocycles. The first-order valence-electron chi connectivity index (χ1n) is 22.4. The van der Waals surface area contributed by atoms with Crippen LogP contribution >= 0.6 is 0 Å². The quantitative estimate of drug-likeness (QED) is 0.129. The summed E-state index contributed by atoms with van der Waals surface area (Å²) >= 11 is 0. The number of piperidine rings is 2. The Morgan fingerprint density at radius 2 is 1.46 bits per heavy atom. The van der Waals surface area contributed by atoms with Gasteiger partial charge in [0.1, 0.15) is 22.8 Å². The predicted molar refractivity (Wildman–Crippen MR) is 242 cm³/mol. The minimum atomic E-state index is -4.93. The fourth-order valence-electron chi connectivity index (χ4n) is 10.6. The average Bonchev–Trinajstić information content (AvgIpc) is 4.02. The van der Waals surface area contributed by atoms with E-state index in [1.165, 1.54) is 21.3 Å². The molecule has 2 spiro atoms. The number of likely N-dealkylation sites (N-methyl/N-ethyl adjacent to an activating group) is 1. The Morgan fingerprint density at radius 1 is 0.821 bits per heavy atom. The number of carbonyl (C=O) groups excluding carboxylic acids is 3. The van der Waals surface area contributed by atoms with Gasteiger partial charge in [0.05, 0.1) is 30.1 Å². The van der Waals surface area contributed by atoms with E-state index in [1.807, 2.05) is 53.8 Å². The molecule has 67 heavy (non-hydrogen) atoms. The van der Waals surface area contributed by atoms with Gasteiger partial charge in [-0.05, 0) is 115 Å². The van der Waals surface area contributed by atoms with Gasteiger partial charge in [-0.3, -0.25) is 24.6 Å². The lowest BCUT2D eigenvalue weighted by atomic mass is 9.79. The van der Waals surface area contributed by atoms with E-state index in [0.29, 0.717) is 105 Å². The van der Waals surface area contributed by atoms with Crippen LogP contribution in [0.15, 0.2) is 54.7 Å². The SMILES string of the molecule is CCNc1cc(C)nc2c(C(=O)N3CCC4(CC3)c3ccc(C(F)(F)F)n3CCN4C)cnn12.COc1ccc(C(=O)N2CCC3(CC2)NC(C)(C)Cn2c(C(=O)C(F)(F)F)ccc23)c(C)c1.[HH].[HH]. The second kappa shape index (κ2) is 17.3. The molecule has 2 fully saturated rings. The third-order valence-electron chi connectivity index (χ3n) is 13.9. The van der Waals surface area contributed by atoms with Crippen molar-refractivity contribution < 1.29 is 48.3 Å². The second-order valence-electron chi connectivity index (χ2n) is 18.7. The monoisotopic (exact) mass is 942 g/mol. The number of nitrogens with zero attached hydrogens (tertiary/aromatic N) is 8. The third-order valence-corrected chi connectivity index (χ3v) is 13.9. The molecular formula is C47H60F6N10O4. The van der Waals surface area contributed by atoms with Gasteiger partial charge in [-0.2, -0.15) is 36.0 Å². The zero-order chi connectivity index (χ0) is 48.4. The molecule has 4 aliphatic rings. The molecule has 364 valence electrons. The van der Waals surface area contributed by atoms with Crippen molar-refractivity contribution in [1.82, 2.24) is 43.7 Å². The summed E-state index contributed by atoms with van der Waals surface area (Å²) in [5.74, 6) is -0.616. The Hall–Kier alpha value is -5.89. The number of rotatable bonds is 6. The molecule has 2 amide bonds. The maximum atomic E-state index is 13.5. The highest BCUT2D eigenvalue weighted by atomic mass is 19.4. The number of hydrogen-bond donors (Lipinski definition) is 2. The Labute approximate surface area is 387 Å². The van der Waals surface area contributed by atoms with Crippen LogP contribution in [0.2, 0.25) is 0 Å². The van der Waals surface area contributed by atoms with Crippen molar-refractivity contribution >= 4 is 29.1 Å². The van der Waals surface area contributed by atoms with E-state index in [0.717, 1.165) is 17.1 Å². The molecule has 0 bridgehead atoms. The molecule has 4 aliphatic heterocycles. The number of alkyl halides is 6. The molecule has 5 aromatic rings. The van der Waals surface area contributed by atoms with Crippen molar-refractivity contribution in [1.29, 1.82) is 0 Å². The van der Waals surface area contributed by atoms with Crippen molar-refractivity contribution in [3.8, 4) is 5.75 Å². The largest absolute Gasteiger partial charge is 0.497 e. The zero-order valence-electron chi connectivity index (χ0n) is 38.7. The number of carbonyl (C=O) groups is 3. The lowest BCUT2D eigenvalue weighted by Gasteiger charge is -2.51. The van der Waals surface area contributed by atoms with E-state index in [1.54, 1.807) is 51.9 Å². The smallest absolute Gasteiger partial charge is 0.456 e. The Kier molecular flexibility index (Phi) is 12.3. The second-order valence-corrected chi connectivity index (χ2v) is 18.7. The number of methoxy groups -OCH3 is 1. The van der Waals surface area contributed by atoms with Crippen molar-refractivity contribution in [3.63, 3.8) is 0 Å². The van der Waals surface area contributed by atoms with Crippen molar-refractivity contribution in [2.24, 2.45) is 0 Å². The first-order valence-corrected chi connectivity index (χ1v) is 22.4. The highest BCUT2D eigenvalue weighted by Crippen LogP contribution is 2.45. The predicted octanol–water partition coefficient (Wildman–Crippen LogP) is 7.92. The molecule has 0 radical (unpaired) electrons. The molecule has 8 heterocycles. The number of ether oxygens (including phenoxy) is 1. The third kappa shape index (κ3) is 8.66. The maximum absolute atomic E-state index is 13.5. The number of ketones is 1. The Balaban J connectivity index is 0.000000220. The van der Waals surface area contributed by atoms with Gasteiger partial charge in [0.25, 0.3) is 17.6 Å². The Bertz CT molecular complexity index is 2710. The van der Waals surface area contributed by atoms with Gasteiger partial charge >= 0.3 is 12.4 Å². The topological polar surface area (TPSA) is 134 Å². The molecule has 0 aliphatic carbocycles. The maximum Gasteiger partial charge on any atom is 0.456 e. The summed E-state index contributed by atoms with van der Waals surface area (Å²) in [7, 11) is 3.53. The zero-order valence-corrected chi connectivity index (χ0v) is 38.7. The summed E-state index contributed by atoms with van der Waals surface area (Å²) in [4.78, 5) is 48.8. The summed E-state index contributed by atoms with van der Waals surface area (Å²) in [6, 6.07) is 12.9.